The zero-order valence-corrected chi connectivity index (χ0v) is 9.93. The first-order valence-electron chi connectivity index (χ1n) is 4.58. The third-order valence-corrected chi connectivity index (χ3v) is 3.04. The quantitative estimate of drug-likeness (QED) is 0.799. The molecule has 2 rings (SSSR count). The summed E-state index contributed by atoms with van der Waals surface area (Å²) in [7, 11) is 1.62. The van der Waals surface area contributed by atoms with Gasteiger partial charge in [0, 0.05) is 22.7 Å². The third kappa shape index (κ3) is 1.74. The van der Waals surface area contributed by atoms with E-state index in [0.717, 1.165) is 0 Å². The number of benzene rings is 1. The van der Waals surface area contributed by atoms with E-state index in [1.165, 1.54) is 4.90 Å². The fourth-order valence-electron chi connectivity index (χ4n) is 1.67. The molecule has 0 saturated carbocycles. The first-order valence-corrected chi connectivity index (χ1v) is 5.33. The molecule has 0 aromatic heterocycles. The largest absolute Gasteiger partial charge is 0.323 e. The number of carbonyl (C=O) groups is 1. The second-order valence-electron chi connectivity index (χ2n) is 3.52. The van der Waals surface area contributed by atoms with E-state index >= 15 is 0 Å². The first kappa shape index (κ1) is 11.2. The SMILES string of the molecule is CN1C(=O)NC(=N)C1c1ccc(Cl)cc1Cl. The Hall–Kier alpha value is -1.26. The Morgan fingerprint density at radius 2 is 2.12 bits per heavy atom. The normalized spacial score (nSPS) is 20.2. The molecule has 0 spiro atoms. The monoisotopic (exact) mass is 257 g/mol. The highest BCUT2D eigenvalue weighted by molar-refractivity contribution is 6.35. The molecule has 84 valence electrons. The van der Waals surface area contributed by atoms with Gasteiger partial charge in [0.2, 0.25) is 0 Å². The highest BCUT2D eigenvalue weighted by Crippen LogP contribution is 2.31. The number of halogens is 2. The number of rotatable bonds is 1. The molecule has 1 heterocycles. The number of nitrogens with zero attached hydrogens (tertiary/aromatic N) is 1. The molecular formula is C10H9Cl2N3O. The summed E-state index contributed by atoms with van der Waals surface area (Å²) < 4.78 is 0. The highest BCUT2D eigenvalue weighted by atomic mass is 35.5. The van der Waals surface area contributed by atoms with Crippen LogP contribution in [0.3, 0.4) is 0 Å². The van der Waals surface area contributed by atoms with Crippen LogP contribution in [-0.4, -0.2) is 23.8 Å². The molecule has 2 amide bonds. The fraction of sp³-hybridized carbons (Fsp3) is 0.200. The Bertz CT molecular complexity index is 475. The maximum atomic E-state index is 11.4. The van der Waals surface area contributed by atoms with E-state index in [9.17, 15) is 4.79 Å². The van der Waals surface area contributed by atoms with Crippen molar-refractivity contribution < 1.29 is 4.79 Å². The van der Waals surface area contributed by atoms with Crippen LogP contribution < -0.4 is 5.32 Å². The van der Waals surface area contributed by atoms with Gasteiger partial charge >= 0.3 is 6.03 Å². The second-order valence-corrected chi connectivity index (χ2v) is 4.37. The molecular weight excluding hydrogens is 249 g/mol. The van der Waals surface area contributed by atoms with Gasteiger partial charge in [0.1, 0.15) is 11.9 Å². The summed E-state index contributed by atoms with van der Waals surface area (Å²) >= 11 is 11.8. The molecule has 0 radical (unpaired) electrons. The number of amidine groups is 1. The lowest BCUT2D eigenvalue weighted by Crippen LogP contribution is -2.25. The van der Waals surface area contributed by atoms with Crippen molar-refractivity contribution in [3.8, 4) is 0 Å². The zero-order chi connectivity index (χ0) is 11.9. The van der Waals surface area contributed by atoms with Crippen molar-refractivity contribution in [2.75, 3.05) is 7.05 Å². The summed E-state index contributed by atoms with van der Waals surface area (Å²) in [4.78, 5) is 12.8. The summed E-state index contributed by atoms with van der Waals surface area (Å²) in [5.74, 6) is 0.122. The molecule has 1 aliphatic rings. The molecule has 1 saturated heterocycles. The van der Waals surface area contributed by atoms with Gasteiger partial charge in [0.25, 0.3) is 0 Å². The van der Waals surface area contributed by atoms with E-state index in [-0.39, 0.29) is 11.9 Å². The number of hydrogen-bond acceptors (Lipinski definition) is 2. The Morgan fingerprint density at radius 3 is 2.62 bits per heavy atom. The van der Waals surface area contributed by atoms with E-state index in [0.29, 0.717) is 15.6 Å². The molecule has 1 unspecified atom stereocenters. The van der Waals surface area contributed by atoms with Gasteiger partial charge in [-0.15, -0.1) is 0 Å². The van der Waals surface area contributed by atoms with Crippen LogP contribution in [0.2, 0.25) is 10.0 Å². The minimum atomic E-state index is -0.461. The molecule has 1 aromatic carbocycles. The zero-order valence-electron chi connectivity index (χ0n) is 8.42. The van der Waals surface area contributed by atoms with Crippen molar-refractivity contribution >= 4 is 35.1 Å². The molecule has 16 heavy (non-hydrogen) atoms. The van der Waals surface area contributed by atoms with Gasteiger partial charge in [-0.3, -0.25) is 10.7 Å². The average molecular weight is 258 g/mol. The van der Waals surface area contributed by atoms with Crippen LogP contribution in [0.15, 0.2) is 18.2 Å². The molecule has 0 aliphatic carbocycles. The van der Waals surface area contributed by atoms with Crippen LogP contribution in [0.25, 0.3) is 0 Å². The predicted molar refractivity (Wildman–Crippen MR) is 63.2 cm³/mol. The van der Waals surface area contributed by atoms with Crippen LogP contribution >= 0.6 is 23.2 Å². The number of hydrogen-bond donors (Lipinski definition) is 2. The Labute approximate surface area is 103 Å². The molecule has 4 nitrogen and oxygen atoms in total. The van der Waals surface area contributed by atoms with Crippen molar-refractivity contribution in [3.63, 3.8) is 0 Å². The van der Waals surface area contributed by atoms with Crippen molar-refractivity contribution in [1.82, 2.24) is 10.2 Å². The predicted octanol–water partition coefficient (Wildman–Crippen LogP) is 2.67. The highest BCUT2D eigenvalue weighted by Gasteiger charge is 2.35. The van der Waals surface area contributed by atoms with Crippen LogP contribution in [-0.2, 0) is 0 Å². The van der Waals surface area contributed by atoms with E-state index in [1.54, 1.807) is 25.2 Å². The van der Waals surface area contributed by atoms with Gasteiger partial charge in [-0.2, -0.15) is 0 Å². The number of carbonyl (C=O) groups excluding carboxylic acids is 1. The lowest BCUT2D eigenvalue weighted by molar-refractivity contribution is 0.217. The lowest BCUT2D eigenvalue weighted by Gasteiger charge is -2.19. The van der Waals surface area contributed by atoms with E-state index < -0.39 is 6.04 Å². The van der Waals surface area contributed by atoms with Crippen LogP contribution in [0.1, 0.15) is 11.6 Å². The van der Waals surface area contributed by atoms with Crippen LogP contribution in [0.4, 0.5) is 4.79 Å². The average Bonchev–Trinajstić information content (AvgIpc) is 2.43. The Balaban J connectivity index is 2.44. The second kappa shape index (κ2) is 3.96. The maximum absolute atomic E-state index is 11.4. The number of urea groups is 1. The van der Waals surface area contributed by atoms with Crippen molar-refractivity contribution in [2.45, 2.75) is 6.04 Å². The lowest BCUT2D eigenvalue weighted by atomic mass is 10.1. The van der Waals surface area contributed by atoms with Gasteiger partial charge < -0.3 is 4.90 Å². The smallest absolute Gasteiger partial charge is 0.313 e. The Morgan fingerprint density at radius 1 is 1.44 bits per heavy atom. The van der Waals surface area contributed by atoms with Gasteiger partial charge in [0.05, 0.1) is 0 Å². The van der Waals surface area contributed by atoms with Gasteiger partial charge in [-0.25, -0.2) is 4.79 Å². The molecule has 6 heteroatoms. The minimum Gasteiger partial charge on any atom is -0.313 e. The van der Waals surface area contributed by atoms with Crippen molar-refractivity contribution in [1.29, 1.82) is 5.41 Å². The van der Waals surface area contributed by atoms with Gasteiger partial charge in [-0.1, -0.05) is 29.3 Å². The Kier molecular flexibility index (Phi) is 2.78. The molecule has 1 fully saturated rings. The van der Waals surface area contributed by atoms with Gasteiger partial charge in [0.15, 0.2) is 0 Å². The number of nitrogens with one attached hydrogen (secondary N) is 2. The van der Waals surface area contributed by atoms with Crippen molar-refractivity contribution in [2.24, 2.45) is 0 Å². The van der Waals surface area contributed by atoms with E-state index in [2.05, 4.69) is 5.32 Å². The molecule has 0 bridgehead atoms. The summed E-state index contributed by atoms with van der Waals surface area (Å²) in [6.07, 6.45) is 0. The summed E-state index contributed by atoms with van der Waals surface area (Å²) in [5, 5.41) is 11.1. The first-order chi connectivity index (χ1) is 7.50. The molecule has 1 aromatic rings. The fourth-order valence-corrected chi connectivity index (χ4v) is 2.18. The van der Waals surface area contributed by atoms with Crippen LogP contribution in [0, 0.1) is 5.41 Å². The minimum absolute atomic E-state index is 0.122. The number of amides is 2. The maximum Gasteiger partial charge on any atom is 0.323 e. The summed E-state index contributed by atoms with van der Waals surface area (Å²) in [6, 6.07) is 4.24. The van der Waals surface area contributed by atoms with E-state index in [4.69, 9.17) is 28.6 Å². The standard InChI is InChI=1S/C10H9Cl2N3O/c1-15-8(9(13)14-10(15)16)6-3-2-5(11)4-7(6)12/h2-4,8H,1H3,(H2,13,14,16). The third-order valence-electron chi connectivity index (χ3n) is 2.48. The van der Waals surface area contributed by atoms with E-state index in [1.807, 2.05) is 0 Å². The molecule has 1 atom stereocenters. The number of likely N-dealkylation sites (N-methyl/N-ethyl adjacent to an activating group) is 1. The topological polar surface area (TPSA) is 56.2 Å². The molecule has 2 N–H and O–H groups in total. The summed E-state index contributed by atoms with van der Waals surface area (Å²) in [6.45, 7) is 0. The van der Waals surface area contributed by atoms with Crippen LogP contribution in [0.5, 0.6) is 0 Å². The van der Waals surface area contributed by atoms with Gasteiger partial charge in [-0.05, 0) is 12.1 Å². The molecule has 1 aliphatic heterocycles. The van der Waals surface area contributed by atoms with Crippen molar-refractivity contribution in [3.05, 3.63) is 33.8 Å². The summed E-state index contributed by atoms with van der Waals surface area (Å²) in [5.41, 5.74) is 0.692.